The molecule has 2 heterocycles. The van der Waals surface area contributed by atoms with Gasteiger partial charge in [0.05, 0.1) is 22.4 Å². The number of nitrogens with zero attached hydrogens (tertiary/aromatic N) is 7. The van der Waals surface area contributed by atoms with E-state index in [1.807, 2.05) is 0 Å². The lowest BCUT2D eigenvalue weighted by atomic mass is 10.2. The van der Waals surface area contributed by atoms with Crippen molar-refractivity contribution in [1.29, 1.82) is 0 Å². The molecule has 0 atom stereocenters. The van der Waals surface area contributed by atoms with Gasteiger partial charge in [-0.15, -0.1) is 5.10 Å². The first kappa shape index (κ1) is 16.7. The number of nitrogens with one attached hydrogen (secondary N) is 1. The van der Waals surface area contributed by atoms with Crippen molar-refractivity contribution in [3.8, 4) is 5.82 Å². The molecule has 0 aliphatic heterocycles. The summed E-state index contributed by atoms with van der Waals surface area (Å²) in [4.78, 5) is 22.8. The number of hydrazone groups is 1. The molecule has 0 spiro atoms. The molecule has 1 aromatic carbocycles. The topological polar surface area (TPSA) is 180 Å². The quantitative estimate of drug-likeness (QED) is 0.366. The monoisotopic (exact) mass is 357 g/mol. The molecule has 0 aliphatic rings. The summed E-state index contributed by atoms with van der Waals surface area (Å²) in [5, 5.41) is 29.2. The molecule has 132 valence electrons. The van der Waals surface area contributed by atoms with E-state index >= 15 is 0 Å². The van der Waals surface area contributed by atoms with Crippen molar-refractivity contribution in [2.24, 2.45) is 5.10 Å². The third-order valence-electron chi connectivity index (χ3n) is 3.25. The number of hydrogen-bond acceptors (Lipinski definition) is 10. The Morgan fingerprint density at radius 1 is 1.42 bits per heavy atom. The SMILES string of the molecule is Cc1nnn(-c2nonc2N)c1C(=O)NN=Cc1ccccc1[N+](=O)[O-]. The summed E-state index contributed by atoms with van der Waals surface area (Å²) in [5.74, 6) is -0.754. The summed E-state index contributed by atoms with van der Waals surface area (Å²) in [6.07, 6.45) is 1.16. The summed E-state index contributed by atoms with van der Waals surface area (Å²) >= 11 is 0. The van der Waals surface area contributed by atoms with Gasteiger partial charge in [-0.1, -0.05) is 17.3 Å². The number of nitro benzene ring substituents is 1. The number of amides is 1. The number of carbonyl (C=O) groups is 1. The molecule has 26 heavy (non-hydrogen) atoms. The molecule has 2 aromatic heterocycles. The van der Waals surface area contributed by atoms with Gasteiger partial charge in [0, 0.05) is 6.07 Å². The van der Waals surface area contributed by atoms with Gasteiger partial charge in [0.25, 0.3) is 11.6 Å². The number of nitro groups is 1. The summed E-state index contributed by atoms with van der Waals surface area (Å²) in [6.45, 7) is 1.55. The largest absolute Gasteiger partial charge is 0.378 e. The molecule has 3 rings (SSSR count). The first-order valence-electron chi connectivity index (χ1n) is 7.06. The molecule has 13 nitrogen and oxygen atoms in total. The second kappa shape index (κ2) is 6.76. The molecule has 3 N–H and O–H groups in total. The van der Waals surface area contributed by atoms with Gasteiger partial charge >= 0.3 is 0 Å². The number of anilines is 1. The lowest BCUT2D eigenvalue weighted by Gasteiger charge is -2.02. The predicted molar refractivity (Wildman–Crippen MR) is 86.5 cm³/mol. The Morgan fingerprint density at radius 3 is 2.88 bits per heavy atom. The summed E-state index contributed by atoms with van der Waals surface area (Å²) < 4.78 is 5.53. The number of hydrogen-bond donors (Lipinski definition) is 2. The molecule has 0 saturated heterocycles. The fraction of sp³-hybridized carbons (Fsp3) is 0.0769. The van der Waals surface area contributed by atoms with Gasteiger partial charge in [0.15, 0.2) is 5.69 Å². The van der Waals surface area contributed by atoms with Crippen molar-refractivity contribution in [2.45, 2.75) is 6.92 Å². The first-order valence-corrected chi connectivity index (χ1v) is 7.06. The minimum absolute atomic E-state index is 0.00146. The molecule has 0 fully saturated rings. The van der Waals surface area contributed by atoms with Crippen molar-refractivity contribution in [2.75, 3.05) is 5.73 Å². The molecule has 3 aromatic rings. The van der Waals surface area contributed by atoms with Crippen LogP contribution in [0.2, 0.25) is 0 Å². The van der Waals surface area contributed by atoms with E-state index in [4.69, 9.17) is 5.73 Å². The number of para-hydroxylation sites is 1. The van der Waals surface area contributed by atoms with Crippen LogP contribution >= 0.6 is 0 Å². The second-order valence-electron chi connectivity index (χ2n) is 4.92. The van der Waals surface area contributed by atoms with E-state index in [1.54, 1.807) is 13.0 Å². The van der Waals surface area contributed by atoms with Gasteiger partial charge in [-0.2, -0.15) is 9.78 Å². The van der Waals surface area contributed by atoms with Crippen LogP contribution in [-0.4, -0.2) is 42.4 Å². The van der Waals surface area contributed by atoms with E-state index < -0.39 is 10.8 Å². The minimum Gasteiger partial charge on any atom is -0.378 e. The van der Waals surface area contributed by atoms with Gasteiger partial charge in [-0.05, 0) is 23.3 Å². The number of rotatable bonds is 5. The Kier molecular flexibility index (Phi) is 4.34. The molecule has 0 bridgehead atoms. The lowest BCUT2D eigenvalue weighted by molar-refractivity contribution is -0.385. The highest BCUT2D eigenvalue weighted by atomic mass is 16.6. The fourth-order valence-electron chi connectivity index (χ4n) is 2.08. The Bertz CT molecular complexity index is 1010. The van der Waals surface area contributed by atoms with Crippen LogP contribution in [0.3, 0.4) is 0 Å². The van der Waals surface area contributed by atoms with E-state index in [-0.39, 0.29) is 34.3 Å². The third kappa shape index (κ3) is 3.08. The molecule has 0 radical (unpaired) electrons. The number of aryl methyl sites for hydroxylation is 1. The molecule has 1 amide bonds. The highest BCUT2D eigenvalue weighted by Crippen LogP contribution is 2.16. The highest BCUT2D eigenvalue weighted by Gasteiger charge is 2.22. The van der Waals surface area contributed by atoms with E-state index in [0.717, 1.165) is 10.9 Å². The summed E-state index contributed by atoms with van der Waals surface area (Å²) in [6, 6.07) is 5.96. The number of nitrogen functional groups attached to an aromatic ring is 1. The molecular formula is C13H11N9O4. The maximum absolute atomic E-state index is 12.4. The Morgan fingerprint density at radius 2 is 2.19 bits per heavy atom. The Balaban J connectivity index is 1.83. The summed E-state index contributed by atoms with van der Waals surface area (Å²) in [7, 11) is 0. The van der Waals surface area contributed by atoms with E-state index in [1.165, 1.54) is 18.2 Å². The second-order valence-corrected chi connectivity index (χ2v) is 4.92. The zero-order chi connectivity index (χ0) is 18.7. The van der Waals surface area contributed by atoms with Crippen molar-refractivity contribution in [1.82, 2.24) is 30.7 Å². The Labute approximate surface area is 144 Å². The standard InChI is InChI=1S/C13H11N9O4/c1-7-10(21(20-16-7)12-11(14)18-26-19-12)13(23)17-15-6-8-4-2-3-5-9(8)22(24)25/h2-6H,1H3,(H2,14,18)(H,17,23). The maximum atomic E-state index is 12.4. The van der Waals surface area contributed by atoms with E-state index in [9.17, 15) is 14.9 Å². The highest BCUT2D eigenvalue weighted by molar-refractivity contribution is 5.95. The van der Waals surface area contributed by atoms with Gasteiger partial charge in [-0.25, -0.2) is 10.1 Å². The van der Waals surface area contributed by atoms with E-state index in [2.05, 4.69) is 35.8 Å². The number of benzene rings is 1. The van der Waals surface area contributed by atoms with Crippen molar-refractivity contribution in [3.05, 3.63) is 51.3 Å². The fourth-order valence-corrected chi connectivity index (χ4v) is 2.08. The molecule has 13 heteroatoms. The van der Waals surface area contributed by atoms with Crippen LogP contribution in [-0.2, 0) is 0 Å². The average Bonchev–Trinajstić information content (AvgIpc) is 3.20. The Hall–Kier alpha value is -4.16. The zero-order valence-corrected chi connectivity index (χ0v) is 13.2. The van der Waals surface area contributed by atoms with Crippen LogP contribution < -0.4 is 11.2 Å². The van der Waals surface area contributed by atoms with Gasteiger partial charge < -0.3 is 5.73 Å². The first-order chi connectivity index (χ1) is 12.5. The summed E-state index contributed by atoms with van der Waals surface area (Å²) in [5.41, 5.74) is 8.21. The molecule has 0 saturated carbocycles. The average molecular weight is 357 g/mol. The zero-order valence-electron chi connectivity index (χ0n) is 13.2. The van der Waals surface area contributed by atoms with Crippen LogP contribution in [0.4, 0.5) is 11.5 Å². The van der Waals surface area contributed by atoms with Crippen LogP contribution in [0.25, 0.3) is 5.82 Å². The maximum Gasteiger partial charge on any atom is 0.292 e. The van der Waals surface area contributed by atoms with E-state index in [0.29, 0.717) is 0 Å². The number of aromatic nitrogens is 5. The minimum atomic E-state index is -0.676. The molecule has 0 aliphatic carbocycles. The molecule has 0 unspecified atom stereocenters. The number of carbonyl (C=O) groups excluding carboxylic acids is 1. The van der Waals surface area contributed by atoms with Crippen LogP contribution in [0.5, 0.6) is 0 Å². The predicted octanol–water partition coefficient (Wildman–Crippen LogP) is 0.213. The molecular weight excluding hydrogens is 346 g/mol. The van der Waals surface area contributed by atoms with Crippen LogP contribution in [0.1, 0.15) is 21.7 Å². The van der Waals surface area contributed by atoms with Crippen molar-refractivity contribution < 1.29 is 14.3 Å². The van der Waals surface area contributed by atoms with Crippen molar-refractivity contribution >= 4 is 23.6 Å². The normalized spacial score (nSPS) is 11.0. The van der Waals surface area contributed by atoms with Gasteiger partial charge in [0.1, 0.15) is 0 Å². The van der Waals surface area contributed by atoms with Crippen LogP contribution in [0.15, 0.2) is 34.0 Å². The van der Waals surface area contributed by atoms with Crippen LogP contribution in [0, 0.1) is 17.0 Å². The van der Waals surface area contributed by atoms with Gasteiger partial charge in [-0.3, -0.25) is 14.9 Å². The van der Waals surface area contributed by atoms with Gasteiger partial charge in [0.2, 0.25) is 11.6 Å². The third-order valence-corrected chi connectivity index (χ3v) is 3.25. The smallest absolute Gasteiger partial charge is 0.292 e. The number of nitrogens with two attached hydrogens (primary N) is 1. The lowest BCUT2D eigenvalue weighted by Crippen LogP contribution is -2.23. The van der Waals surface area contributed by atoms with Crippen molar-refractivity contribution in [3.63, 3.8) is 0 Å².